The van der Waals surface area contributed by atoms with Crippen LogP contribution in [0.2, 0.25) is 0 Å². The summed E-state index contributed by atoms with van der Waals surface area (Å²) in [6, 6.07) is 20.2. The van der Waals surface area contributed by atoms with Gasteiger partial charge in [0.1, 0.15) is 35.4 Å². The van der Waals surface area contributed by atoms with Gasteiger partial charge < -0.3 is 18.9 Å². The average molecular weight is 577 g/mol. The van der Waals surface area contributed by atoms with Crippen LogP contribution in [-0.4, -0.2) is 28.4 Å². The molecule has 2 aliphatic carbocycles. The summed E-state index contributed by atoms with van der Waals surface area (Å²) >= 11 is 0. The largest absolute Gasteiger partial charge is 0.493 e. The molecule has 0 aliphatic heterocycles. The second-order valence-corrected chi connectivity index (χ2v) is 9.15. The van der Waals surface area contributed by atoms with E-state index < -0.39 is 22.0 Å². The topological polar surface area (TPSA) is 227 Å². The molecule has 0 bridgehead atoms. The first-order valence-corrected chi connectivity index (χ1v) is 12.3. The minimum Gasteiger partial charge on any atom is -0.493 e. The summed E-state index contributed by atoms with van der Waals surface area (Å²) in [7, 11) is 5.30. The summed E-state index contributed by atoms with van der Waals surface area (Å²) in [6.07, 6.45) is 0. The number of methoxy groups -OCH3 is 4. The van der Waals surface area contributed by atoms with Gasteiger partial charge in [-0.3, -0.25) is 0 Å². The van der Waals surface area contributed by atoms with E-state index in [1.54, 1.807) is 0 Å². The van der Waals surface area contributed by atoms with Crippen molar-refractivity contribution in [2.45, 2.75) is 0 Å². The van der Waals surface area contributed by atoms with E-state index in [0.717, 1.165) is 0 Å². The van der Waals surface area contributed by atoms with Crippen molar-refractivity contribution in [1.82, 2.24) is 0 Å². The molecule has 0 atom stereocenters. The van der Waals surface area contributed by atoms with Crippen LogP contribution in [0.3, 0.4) is 0 Å². The molecule has 0 fully saturated rings. The number of hydrogen-bond acceptors (Lipinski definition) is 12. The van der Waals surface area contributed by atoms with Crippen LogP contribution in [0, 0.1) is 101 Å². The minimum atomic E-state index is -2.39. The van der Waals surface area contributed by atoms with Gasteiger partial charge in [0, 0.05) is 22.3 Å². The monoisotopic (exact) mass is 576 g/mol. The van der Waals surface area contributed by atoms with Crippen molar-refractivity contribution in [3.8, 4) is 71.6 Å². The summed E-state index contributed by atoms with van der Waals surface area (Å²) in [5.74, 6) is 0.386. The van der Waals surface area contributed by atoms with Gasteiger partial charge in [0.2, 0.25) is 10.8 Å². The standard InChI is InChI=1S/C32H16N8O4/c1-41-23-5-19-21(7-25(23)43-3)29-30(32(15-39,16-40)31(29,13-37)14-38)22-8-26(44-4)24(42-2)6-20(22)28(18(11-35)12-36)27(19)17(9-33)10-34/h5-8H,1-4H3. The summed E-state index contributed by atoms with van der Waals surface area (Å²) in [4.78, 5) is 0. The molecule has 0 radical (unpaired) electrons. The van der Waals surface area contributed by atoms with Crippen molar-refractivity contribution >= 4 is 22.3 Å². The van der Waals surface area contributed by atoms with Gasteiger partial charge in [-0.2, -0.15) is 42.1 Å². The fourth-order valence-corrected chi connectivity index (χ4v) is 5.62. The lowest BCUT2D eigenvalue weighted by atomic mass is 9.45. The Balaban J connectivity index is 2.57. The highest BCUT2D eigenvalue weighted by molar-refractivity contribution is 6.21. The first kappa shape index (κ1) is 29.8. The molecular formula is C32H16N8O4. The molecule has 44 heavy (non-hydrogen) atoms. The van der Waals surface area contributed by atoms with Gasteiger partial charge >= 0.3 is 0 Å². The molecule has 0 N–H and O–H groups in total. The molecule has 12 heteroatoms. The fourth-order valence-electron chi connectivity index (χ4n) is 5.62. The Morgan fingerprint density at radius 2 is 0.705 bits per heavy atom. The third-order valence-electron chi connectivity index (χ3n) is 7.56. The summed E-state index contributed by atoms with van der Waals surface area (Å²) in [5.41, 5.74) is -6.40. The maximum Gasteiger partial charge on any atom is 0.205 e. The predicted octanol–water partition coefficient (Wildman–Crippen LogP) is 4.33. The Morgan fingerprint density at radius 1 is 0.455 bits per heavy atom. The van der Waals surface area contributed by atoms with Crippen molar-refractivity contribution in [3.05, 3.63) is 57.7 Å². The molecule has 0 saturated carbocycles. The quantitative estimate of drug-likeness (QED) is 0.463. The average Bonchev–Trinajstić information content (AvgIpc) is 3.06. The Labute approximate surface area is 251 Å². The normalized spacial score (nSPS) is 14.4. The summed E-state index contributed by atoms with van der Waals surface area (Å²) < 4.78 is 21.9. The second-order valence-electron chi connectivity index (χ2n) is 9.15. The van der Waals surface area contributed by atoms with Crippen molar-refractivity contribution in [2.24, 2.45) is 10.8 Å². The van der Waals surface area contributed by atoms with E-state index in [2.05, 4.69) is 0 Å². The molecule has 2 aliphatic rings. The molecule has 0 amide bonds. The van der Waals surface area contributed by atoms with Crippen LogP contribution in [0.15, 0.2) is 35.4 Å². The Hall–Kier alpha value is -7.22. The molecule has 12 nitrogen and oxygen atoms in total. The van der Waals surface area contributed by atoms with Crippen LogP contribution in [-0.2, 0) is 0 Å². The van der Waals surface area contributed by atoms with Gasteiger partial charge in [-0.05, 0) is 46.5 Å². The molecule has 0 saturated heterocycles. The third-order valence-corrected chi connectivity index (χ3v) is 7.56. The van der Waals surface area contributed by atoms with Crippen LogP contribution in [0.1, 0.15) is 22.3 Å². The van der Waals surface area contributed by atoms with Crippen LogP contribution in [0.4, 0.5) is 0 Å². The summed E-state index contributed by atoms with van der Waals surface area (Å²) in [5, 5.41) is 82.5. The molecule has 2 aromatic rings. The maximum absolute atomic E-state index is 10.5. The highest BCUT2D eigenvalue weighted by atomic mass is 16.5. The minimum absolute atomic E-state index is 0.00830. The lowest BCUT2D eigenvalue weighted by molar-refractivity contribution is 0.354. The molecule has 4 rings (SSSR count). The van der Waals surface area contributed by atoms with E-state index in [4.69, 9.17) is 18.9 Å². The number of benzene rings is 2. The zero-order valence-electron chi connectivity index (χ0n) is 23.5. The zero-order chi connectivity index (χ0) is 32.4. The molecule has 2 aromatic carbocycles. The van der Waals surface area contributed by atoms with Gasteiger partial charge in [0.15, 0.2) is 23.0 Å². The van der Waals surface area contributed by atoms with E-state index >= 15 is 0 Å². The first-order valence-electron chi connectivity index (χ1n) is 12.3. The van der Waals surface area contributed by atoms with E-state index in [1.807, 2.05) is 48.6 Å². The summed E-state index contributed by atoms with van der Waals surface area (Å²) in [6.45, 7) is 0. The molecule has 208 valence electrons. The Morgan fingerprint density at radius 3 is 0.909 bits per heavy atom. The smallest absolute Gasteiger partial charge is 0.205 e. The fraction of sp³-hybridized carbons (Fsp3) is 0.188. The Kier molecular flexibility index (Phi) is 7.43. The number of ether oxygens (including phenoxy) is 4. The number of fused-ring (bicyclic) bond motifs is 4. The van der Waals surface area contributed by atoms with Gasteiger partial charge in [0.25, 0.3) is 0 Å². The molecule has 0 spiro atoms. The number of allylic oxidation sites excluding steroid dienone is 6. The number of nitriles is 8. The van der Waals surface area contributed by atoms with Crippen LogP contribution in [0.25, 0.3) is 22.3 Å². The predicted molar refractivity (Wildman–Crippen MR) is 150 cm³/mol. The van der Waals surface area contributed by atoms with Gasteiger partial charge in [-0.15, -0.1) is 0 Å². The van der Waals surface area contributed by atoms with Crippen LogP contribution < -0.4 is 18.9 Å². The number of rotatable bonds is 4. The number of hydrogen-bond donors (Lipinski definition) is 0. The Bertz CT molecular complexity index is 1910. The van der Waals surface area contributed by atoms with E-state index in [0.29, 0.717) is 0 Å². The van der Waals surface area contributed by atoms with Crippen LogP contribution in [0.5, 0.6) is 23.0 Å². The molecular weight excluding hydrogens is 560 g/mol. The number of nitrogens with zero attached hydrogens (tertiary/aromatic N) is 8. The second kappa shape index (κ2) is 11.0. The highest BCUT2D eigenvalue weighted by Gasteiger charge is 2.70. The van der Waals surface area contributed by atoms with Gasteiger partial charge in [-0.1, -0.05) is 0 Å². The van der Waals surface area contributed by atoms with Crippen molar-refractivity contribution in [2.75, 3.05) is 28.4 Å². The van der Waals surface area contributed by atoms with Crippen molar-refractivity contribution in [3.63, 3.8) is 0 Å². The van der Waals surface area contributed by atoms with E-state index in [1.165, 1.54) is 52.7 Å². The molecule has 0 unspecified atom stereocenters. The third kappa shape index (κ3) is 3.55. The van der Waals surface area contributed by atoms with Crippen molar-refractivity contribution in [1.29, 1.82) is 42.1 Å². The van der Waals surface area contributed by atoms with Gasteiger partial charge in [0.05, 0.1) is 52.7 Å². The molecule has 0 aromatic heterocycles. The lowest BCUT2D eigenvalue weighted by Crippen LogP contribution is -2.49. The zero-order valence-corrected chi connectivity index (χ0v) is 23.5. The van der Waals surface area contributed by atoms with E-state index in [9.17, 15) is 42.1 Å². The van der Waals surface area contributed by atoms with Crippen molar-refractivity contribution < 1.29 is 18.9 Å². The SMILES string of the molecule is COc1cc2c(cc1OC)C1=C(c3cc(OC)c(OC)cc3C(=C(C#N)C#N)C2=C(C#N)C#N)C(C#N)(C#N)C1(C#N)C#N. The maximum atomic E-state index is 10.5. The van der Waals surface area contributed by atoms with Gasteiger partial charge in [-0.25, -0.2) is 0 Å². The van der Waals surface area contributed by atoms with Crippen LogP contribution >= 0.6 is 0 Å². The highest BCUT2D eigenvalue weighted by Crippen LogP contribution is 2.70. The lowest BCUT2D eigenvalue weighted by Gasteiger charge is -2.48. The first-order chi connectivity index (χ1) is 21.3. The van der Waals surface area contributed by atoms with E-state index in [-0.39, 0.29) is 67.5 Å². The molecule has 0 heterocycles.